The van der Waals surface area contributed by atoms with E-state index < -0.39 is 0 Å². The van der Waals surface area contributed by atoms with Gasteiger partial charge in [-0.25, -0.2) is 0 Å². The Balaban J connectivity index is 0.00000288. The van der Waals surface area contributed by atoms with E-state index in [0.717, 1.165) is 47.2 Å². The molecule has 2 aromatic carbocycles. The topological polar surface area (TPSA) is 30.5 Å². The van der Waals surface area contributed by atoms with Gasteiger partial charge < -0.3 is 14.8 Å². The molecule has 0 unspecified atom stereocenters. The molecule has 0 fully saturated rings. The first kappa shape index (κ1) is 20.6. The second-order valence-electron chi connectivity index (χ2n) is 5.27. The van der Waals surface area contributed by atoms with Crippen LogP contribution in [0.2, 0.25) is 5.02 Å². The number of hydrogen-bond donors (Lipinski definition) is 1. The zero-order valence-corrected chi connectivity index (χ0v) is 15.8. The molecule has 0 atom stereocenters. The maximum atomic E-state index is 6.07. The van der Waals surface area contributed by atoms with E-state index in [-0.39, 0.29) is 12.4 Å². The molecule has 5 heteroatoms. The average molecular weight is 370 g/mol. The summed E-state index contributed by atoms with van der Waals surface area (Å²) >= 11 is 5.92. The standard InChI is InChI=1S/C19H24ClNO2.ClH/c1-3-12-21-13-16-6-5-7-18(22-4-2)19(16)23-14-15-8-10-17(20)11-9-15;/h5-11,21H,3-4,12-14H2,1-2H3;1H. The number of para-hydroxylation sites is 1. The first-order valence-electron chi connectivity index (χ1n) is 8.07. The van der Waals surface area contributed by atoms with Crippen LogP contribution in [0.1, 0.15) is 31.4 Å². The van der Waals surface area contributed by atoms with Crippen molar-refractivity contribution < 1.29 is 9.47 Å². The third kappa shape index (κ3) is 6.23. The largest absolute Gasteiger partial charge is 0.490 e. The molecule has 0 aliphatic heterocycles. The molecule has 0 aromatic heterocycles. The van der Waals surface area contributed by atoms with E-state index in [0.29, 0.717) is 13.2 Å². The summed E-state index contributed by atoms with van der Waals surface area (Å²) in [5.74, 6) is 1.60. The van der Waals surface area contributed by atoms with Crippen molar-refractivity contribution in [3.63, 3.8) is 0 Å². The van der Waals surface area contributed by atoms with Gasteiger partial charge in [0.25, 0.3) is 0 Å². The highest BCUT2D eigenvalue weighted by Crippen LogP contribution is 2.32. The van der Waals surface area contributed by atoms with Crippen LogP contribution in [0.15, 0.2) is 42.5 Å². The first-order chi connectivity index (χ1) is 11.2. The van der Waals surface area contributed by atoms with Gasteiger partial charge in [-0.3, -0.25) is 0 Å². The maximum absolute atomic E-state index is 6.07. The van der Waals surface area contributed by atoms with Gasteiger partial charge in [0, 0.05) is 17.1 Å². The second-order valence-corrected chi connectivity index (χ2v) is 5.71. The predicted octanol–water partition coefficient (Wildman–Crippen LogP) is 5.24. The van der Waals surface area contributed by atoms with Crippen LogP contribution in [0.3, 0.4) is 0 Å². The van der Waals surface area contributed by atoms with Gasteiger partial charge in [0.05, 0.1) is 6.61 Å². The molecular formula is C19H25Cl2NO2. The predicted molar refractivity (Wildman–Crippen MR) is 103 cm³/mol. The van der Waals surface area contributed by atoms with Crippen molar-refractivity contribution in [2.75, 3.05) is 13.2 Å². The minimum Gasteiger partial charge on any atom is -0.490 e. The summed E-state index contributed by atoms with van der Waals surface area (Å²) < 4.78 is 11.8. The monoisotopic (exact) mass is 369 g/mol. The van der Waals surface area contributed by atoms with Crippen LogP contribution in [0.25, 0.3) is 0 Å². The van der Waals surface area contributed by atoms with Crippen molar-refractivity contribution in [3.05, 3.63) is 58.6 Å². The lowest BCUT2D eigenvalue weighted by Gasteiger charge is -2.16. The van der Waals surface area contributed by atoms with E-state index in [1.54, 1.807) is 0 Å². The lowest BCUT2D eigenvalue weighted by atomic mass is 10.1. The Morgan fingerprint density at radius 3 is 2.42 bits per heavy atom. The lowest BCUT2D eigenvalue weighted by Crippen LogP contribution is -2.15. The van der Waals surface area contributed by atoms with Gasteiger partial charge in [0.2, 0.25) is 0 Å². The molecule has 0 heterocycles. The lowest BCUT2D eigenvalue weighted by molar-refractivity contribution is 0.266. The Morgan fingerprint density at radius 1 is 1.00 bits per heavy atom. The van der Waals surface area contributed by atoms with E-state index in [1.807, 2.05) is 43.3 Å². The molecule has 0 radical (unpaired) electrons. The van der Waals surface area contributed by atoms with Crippen molar-refractivity contribution in [2.45, 2.75) is 33.4 Å². The Labute approximate surface area is 155 Å². The molecule has 0 saturated heterocycles. The van der Waals surface area contributed by atoms with Gasteiger partial charge in [-0.1, -0.05) is 42.8 Å². The highest BCUT2D eigenvalue weighted by atomic mass is 35.5. The van der Waals surface area contributed by atoms with Crippen LogP contribution in [0, 0.1) is 0 Å². The number of nitrogens with one attached hydrogen (secondary N) is 1. The molecule has 2 rings (SSSR count). The third-order valence-electron chi connectivity index (χ3n) is 3.40. The quantitative estimate of drug-likeness (QED) is 0.613. The van der Waals surface area contributed by atoms with Crippen LogP contribution in [-0.4, -0.2) is 13.2 Å². The van der Waals surface area contributed by atoms with Gasteiger partial charge >= 0.3 is 0 Å². The second kappa shape index (κ2) is 11.2. The van der Waals surface area contributed by atoms with Crippen LogP contribution in [0.4, 0.5) is 0 Å². The summed E-state index contributed by atoms with van der Waals surface area (Å²) in [7, 11) is 0. The highest BCUT2D eigenvalue weighted by molar-refractivity contribution is 6.30. The van der Waals surface area contributed by atoms with Crippen LogP contribution in [0.5, 0.6) is 11.5 Å². The van der Waals surface area contributed by atoms with Crippen LogP contribution < -0.4 is 14.8 Å². The van der Waals surface area contributed by atoms with Gasteiger partial charge in [0.1, 0.15) is 6.61 Å². The summed E-state index contributed by atoms with van der Waals surface area (Å²) in [6, 6.07) is 13.7. The van der Waals surface area contributed by atoms with E-state index >= 15 is 0 Å². The molecule has 132 valence electrons. The summed E-state index contributed by atoms with van der Waals surface area (Å²) in [5.41, 5.74) is 2.19. The number of rotatable bonds is 9. The molecule has 2 aromatic rings. The molecule has 0 bridgehead atoms. The van der Waals surface area contributed by atoms with Gasteiger partial charge in [-0.05, 0) is 43.7 Å². The normalized spacial score (nSPS) is 10.1. The van der Waals surface area contributed by atoms with Crippen molar-refractivity contribution in [2.24, 2.45) is 0 Å². The van der Waals surface area contributed by atoms with Crippen LogP contribution in [-0.2, 0) is 13.2 Å². The number of hydrogen-bond acceptors (Lipinski definition) is 3. The average Bonchev–Trinajstić information content (AvgIpc) is 2.56. The van der Waals surface area contributed by atoms with Gasteiger partial charge in [-0.2, -0.15) is 0 Å². The Kier molecular flexibility index (Phi) is 9.62. The molecular weight excluding hydrogens is 345 g/mol. The summed E-state index contributed by atoms with van der Waals surface area (Å²) in [5, 5.41) is 4.14. The molecule has 24 heavy (non-hydrogen) atoms. The van der Waals surface area contributed by atoms with E-state index in [1.165, 1.54) is 0 Å². The minimum atomic E-state index is 0. The SMILES string of the molecule is CCCNCc1cccc(OCC)c1OCc1ccc(Cl)cc1.Cl. The molecule has 0 spiro atoms. The van der Waals surface area contributed by atoms with Gasteiger partial charge in [-0.15, -0.1) is 12.4 Å². The molecule has 0 aliphatic rings. The summed E-state index contributed by atoms with van der Waals surface area (Å²) in [6.45, 7) is 6.98. The van der Waals surface area contributed by atoms with Gasteiger partial charge in [0.15, 0.2) is 11.5 Å². The molecule has 0 aliphatic carbocycles. The highest BCUT2D eigenvalue weighted by Gasteiger charge is 2.11. The third-order valence-corrected chi connectivity index (χ3v) is 3.65. The Bertz CT molecular complexity index is 603. The van der Waals surface area contributed by atoms with E-state index in [4.69, 9.17) is 21.1 Å². The number of halogens is 2. The fourth-order valence-electron chi connectivity index (χ4n) is 2.27. The van der Waals surface area contributed by atoms with Crippen molar-refractivity contribution in [1.82, 2.24) is 5.32 Å². The fourth-order valence-corrected chi connectivity index (χ4v) is 2.40. The number of ether oxygens (including phenoxy) is 2. The maximum Gasteiger partial charge on any atom is 0.166 e. The molecule has 1 N–H and O–H groups in total. The molecule has 0 saturated carbocycles. The minimum absolute atomic E-state index is 0. The van der Waals surface area contributed by atoms with E-state index in [9.17, 15) is 0 Å². The fraction of sp³-hybridized carbons (Fsp3) is 0.368. The smallest absolute Gasteiger partial charge is 0.166 e. The molecule has 0 amide bonds. The Morgan fingerprint density at radius 2 is 1.75 bits per heavy atom. The summed E-state index contributed by atoms with van der Waals surface area (Å²) in [6.07, 6.45) is 1.10. The van der Waals surface area contributed by atoms with Crippen molar-refractivity contribution >= 4 is 24.0 Å². The summed E-state index contributed by atoms with van der Waals surface area (Å²) in [4.78, 5) is 0. The zero-order chi connectivity index (χ0) is 16.5. The van der Waals surface area contributed by atoms with E-state index in [2.05, 4.69) is 18.3 Å². The number of benzene rings is 2. The molecule has 3 nitrogen and oxygen atoms in total. The van der Waals surface area contributed by atoms with Crippen molar-refractivity contribution in [3.8, 4) is 11.5 Å². The first-order valence-corrected chi connectivity index (χ1v) is 8.45. The zero-order valence-electron chi connectivity index (χ0n) is 14.2. The Hall–Kier alpha value is -1.42. The van der Waals surface area contributed by atoms with Crippen LogP contribution >= 0.6 is 24.0 Å². The van der Waals surface area contributed by atoms with Crippen molar-refractivity contribution in [1.29, 1.82) is 0 Å².